The highest BCUT2D eigenvalue weighted by molar-refractivity contribution is 5.91. The van der Waals surface area contributed by atoms with E-state index in [0.29, 0.717) is 6.42 Å². The highest BCUT2D eigenvalue weighted by atomic mass is 16.5. The molecular weight excluding hydrogens is 288 g/mol. The van der Waals surface area contributed by atoms with Crippen LogP contribution in [-0.2, 0) is 17.6 Å². The van der Waals surface area contributed by atoms with Gasteiger partial charge in [0.1, 0.15) is 5.75 Å². The lowest BCUT2D eigenvalue weighted by Gasteiger charge is -2.13. The number of amides is 1. The van der Waals surface area contributed by atoms with Gasteiger partial charge in [0.2, 0.25) is 5.91 Å². The third-order valence-electron chi connectivity index (χ3n) is 4.30. The predicted molar refractivity (Wildman–Crippen MR) is 93.4 cm³/mol. The maximum absolute atomic E-state index is 12.1. The average molecular weight is 310 g/mol. The second-order valence-corrected chi connectivity index (χ2v) is 5.91. The summed E-state index contributed by atoms with van der Waals surface area (Å²) in [6.45, 7) is 1.05. The van der Waals surface area contributed by atoms with Crippen molar-refractivity contribution in [1.29, 1.82) is 0 Å². The molecule has 0 saturated heterocycles. The Hall–Kier alpha value is -2.49. The van der Waals surface area contributed by atoms with E-state index in [1.165, 1.54) is 11.3 Å². The zero-order valence-corrected chi connectivity index (χ0v) is 13.6. The lowest BCUT2D eigenvalue weighted by molar-refractivity contribution is -0.116. The largest absolute Gasteiger partial charge is 0.497 e. The van der Waals surface area contributed by atoms with Gasteiger partial charge in [0, 0.05) is 31.4 Å². The van der Waals surface area contributed by atoms with E-state index in [1.807, 2.05) is 30.3 Å². The summed E-state index contributed by atoms with van der Waals surface area (Å²) in [5.74, 6) is 0.877. The molecule has 0 radical (unpaired) electrons. The highest BCUT2D eigenvalue weighted by Crippen LogP contribution is 2.29. The lowest BCUT2D eigenvalue weighted by Crippen LogP contribution is -2.14. The van der Waals surface area contributed by atoms with Crippen LogP contribution in [0.4, 0.5) is 11.4 Å². The quantitative estimate of drug-likeness (QED) is 0.921. The molecule has 2 aromatic rings. The van der Waals surface area contributed by atoms with Gasteiger partial charge in [-0.2, -0.15) is 0 Å². The second kappa shape index (κ2) is 6.73. The topological polar surface area (TPSA) is 41.6 Å². The van der Waals surface area contributed by atoms with Gasteiger partial charge >= 0.3 is 0 Å². The number of carbonyl (C=O) groups is 1. The van der Waals surface area contributed by atoms with Crippen LogP contribution in [0.1, 0.15) is 17.5 Å². The molecule has 0 atom stereocenters. The first kappa shape index (κ1) is 15.4. The van der Waals surface area contributed by atoms with Crippen LogP contribution in [0.15, 0.2) is 42.5 Å². The molecule has 0 unspecified atom stereocenters. The predicted octanol–water partition coefficient (Wildman–Crippen LogP) is 3.26. The monoisotopic (exact) mass is 310 g/mol. The Labute approximate surface area is 137 Å². The van der Waals surface area contributed by atoms with Gasteiger partial charge in [0.15, 0.2) is 0 Å². The smallest absolute Gasteiger partial charge is 0.224 e. The van der Waals surface area contributed by atoms with Gasteiger partial charge in [0.05, 0.1) is 7.11 Å². The van der Waals surface area contributed by atoms with Crippen LogP contribution in [-0.4, -0.2) is 26.6 Å². The first-order valence-electron chi connectivity index (χ1n) is 7.92. The first-order chi connectivity index (χ1) is 11.2. The number of nitrogens with zero attached hydrogens (tertiary/aromatic N) is 1. The van der Waals surface area contributed by atoms with Crippen LogP contribution in [0.5, 0.6) is 5.75 Å². The summed E-state index contributed by atoms with van der Waals surface area (Å²) in [6, 6.07) is 14.0. The number of carbonyl (C=O) groups excluding carboxylic acids is 1. The van der Waals surface area contributed by atoms with Gasteiger partial charge in [-0.05, 0) is 48.2 Å². The van der Waals surface area contributed by atoms with Gasteiger partial charge in [-0.25, -0.2) is 0 Å². The molecule has 1 amide bonds. The number of likely N-dealkylation sites (N-methyl/N-ethyl adjacent to an activating group) is 1. The van der Waals surface area contributed by atoms with E-state index in [2.05, 4.69) is 29.4 Å². The Morgan fingerprint density at radius 2 is 2.00 bits per heavy atom. The summed E-state index contributed by atoms with van der Waals surface area (Å²) in [7, 11) is 3.73. The summed E-state index contributed by atoms with van der Waals surface area (Å²) in [5.41, 5.74) is 4.58. The molecule has 2 aromatic carbocycles. The molecule has 4 nitrogen and oxygen atoms in total. The molecule has 0 aliphatic carbocycles. The number of hydrogen-bond donors (Lipinski definition) is 1. The number of hydrogen-bond acceptors (Lipinski definition) is 3. The molecule has 1 N–H and O–H groups in total. The zero-order chi connectivity index (χ0) is 16.2. The van der Waals surface area contributed by atoms with E-state index in [-0.39, 0.29) is 5.91 Å². The van der Waals surface area contributed by atoms with Crippen LogP contribution >= 0.6 is 0 Å². The number of anilines is 2. The molecule has 23 heavy (non-hydrogen) atoms. The van der Waals surface area contributed by atoms with Crippen LogP contribution < -0.4 is 15.0 Å². The summed E-state index contributed by atoms with van der Waals surface area (Å²) in [5, 5.41) is 2.99. The molecule has 0 bridgehead atoms. The number of aryl methyl sites for hydroxylation is 1. The summed E-state index contributed by atoms with van der Waals surface area (Å²) >= 11 is 0. The molecule has 0 fully saturated rings. The number of benzene rings is 2. The molecule has 0 spiro atoms. The molecule has 1 aliphatic rings. The van der Waals surface area contributed by atoms with Crippen LogP contribution in [0.25, 0.3) is 0 Å². The van der Waals surface area contributed by atoms with Gasteiger partial charge in [-0.15, -0.1) is 0 Å². The van der Waals surface area contributed by atoms with E-state index in [4.69, 9.17) is 4.74 Å². The molecule has 1 aliphatic heterocycles. The SMILES string of the molecule is COc1ccc(CCC(=O)Nc2ccc3c(c2)N(C)CC3)cc1. The van der Waals surface area contributed by atoms with Crippen molar-refractivity contribution in [2.24, 2.45) is 0 Å². The van der Waals surface area contributed by atoms with Gasteiger partial charge in [-0.1, -0.05) is 18.2 Å². The van der Waals surface area contributed by atoms with Crippen molar-refractivity contribution in [3.8, 4) is 5.75 Å². The van der Waals surface area contributed by atoms with Crippen molar-refractivity contribution in [1.82, 2.24) is 0 Å². The van der Waals surface area contributed by atoms with Crippen molar-refractivity contribution in [3.63, 3.8) is 0 Å². The maximum Gasteiger partial charge on any atom is 0.224 e. The molecular formula is C19H22N2O2. The fourth-order valence-corrected chi connectivity index (χ4v) is 2.89. The molecule has 4 heteroatoms. The molecule has 3 rings (SSSR count). The standard InChI is InChI=1S/C19H22N2O2/c1-21-12-11-15-6-7-16(13-18(15)21)20-19(22)10-5-14-3-8-17(23-2)9-4-14/h3-4,6-9,13H,5,10-12H2,1-2H3,(H,20,22). The summed E-state index contributed by atoms with van der Waals surface area (Å²) in [6.07, 6.45) is 2.28. The minimum absolute atomic E-state index is 0.0430. The van der Waals surface area contributed by atoms with E-state index in [9.17, 15) is 4.79 Å². The van der Waals surface area contributed by atoms with Crippen molar-refractivity contribution in [3.05, 3.63) is 53.6 Å². The van der Waals surface area contributed by atoms with Gasteiger partial charge in [0.25, 0.3) is 0 Å². The minimum atomic E-state index is 0.0430. The Morgan fingerprint density at radius 3 is 2.74 bits per heavy atom. The van der Waals surface area contributed by atoms with E-state index < -0.39 is 0 Å². The summed E-state index contributed by atoms with van der Waals surface area (Å²) in [4.78, 5) is 14.4. The second-order valence-electron chi connectivity index (χ2n) is 5.91. The Morgan fingerprint density at radius 1 is 1.22 bits per heavy atom. The van der Waals surface area contributed by atoms with Crippen LogP contribution in [0.3, 0.4) is 0 Å². The van der Waals surface area contributed by atoms with Gasteiger partial charge in [-0.3, -0.25) is 4.79 Å². The first-order valence-corrected chi connectivity index (χ1v) is 7.92. The highest BCUT2D eigenvalue weighted by Gasteiger charge is 2.16. The number of methoxy groups -OCH3 is 1. The van der Waals surface area contributed by atoms with Crippen LogP contribution in [0.2, 0.25) is 0 Å². The minimum Gasteiger partial charge on any atom is -0.497 e. The average Bonchev–Trinajstić information content (AvgIpc) is 2.94. The Kier molecular flexibility index (Phi) is 4.51. The molecule has 1 heterocycles. The van der Waals surface area contributed by atoms with Crippen molar-refractivity contribution in [2.45, 2.75) is 19.3 Å². The third-order valence-corrected chi connectivity index (χ3v) is 4.30. The van der Waals surface area contributed by atoms with Crippen molar-refractivity contribution < 1.29 is 9.53 Å². The maximum atomic E-state index is 12.1. The lowest BCUT2D eigenvalue weighted by atomic mass is 10.1. The van der Waals surface area contributed by atoms with Crippen molar-refractivity contribution >= 4 is 17.3 Å². The third kappa shape index (κ3) is 3.65. The number of ether oxygens (including phenoxy) is 1. The zero-order valence-electron chi connectivity index (χ0n) is 13.6. The van der Waals surface area contributed by atoms with Gasteiger partial charge < -0.3 is 15.0 Å². The number of nitrogens with one attached hydrogen (secondary N) is 1. The van der Waals surface area contributed by atoms with Crippen LogP contribution in [0, 0.1) is 0 Å². The summed E-state index contributed by atoms with van der Waals surface area (Å²) < 4.78 is 5.14. The Balaban J connectivity index is 1.56. The molecule has 120 valence electrons. The van der Waals surface area contributed by atoms with E-state index in [0.717, 1.165) is 36.4 Å². The van der Waals surface area contributed by atoms with E-state index >= 15 is 0 Å². The fraction of sp³-hybridized carbons (Fsp3) is 0.316. The van der Waals surface area contributed by atoms with E-state index in [1.54, 1.807) is 7.11 Å². The normalized spacial score (nSPS) is 12.9. The van der Waals surface area contributed by atoms with Crippen molar-refractivity contribution in [2.75, 3.05) is 30.9 Å². The number of fused-ring (bicyclic) bond motifs is 1. The number of rotatable bonds is 5. The Bertz CT molecular complexity index is 695. The molecule has 0 saturated carbocycles. The fourth-order valence-electron chi connectivity index (χ4n) is 2.89. The molecule has 0 aromatic heterocycles.